The summed E-state index contributed by atoms with van der Waals surface area (Å²) in [7, 11) is 4.11. The maximum atomic E-state index is 12.3. The first kappa shape index (κ1) is 29.9. The molecule has 0 saturated carbocycles. The van der Waals surface area contributed by atoms with Crippen LogP contribution < -0.4 is 4.74 Å². The topological polar surface area (TPSA) is 35.5 Å². The van der Waals surface area contributed by atoms with Crippen LogP contribution in [0, 0.1) is 0 Å². The van der Waals surface area contributed by atoms with E-state index in [1.807, 2.05) is 25.1 Å². The number of likely N-dealkylation sites (N-methyl/N-ethyl adjacent to an activating group) is 1. The van der Waals surface area contributed by atoms with Crippen LogP contribution in [-0.2, 0) is 22.5 Å². The van der Waals surface area contributed by atoms with E-state index < -0.39 is 0 Å². The Hall–Kier alpha value is -2.33. The molecule has 0 amide bonds. The molecule has 0 heterocycles. The fraction of sp³-hybridized carbons (Fsp3) is 0.594. The number of esters is 1. The van der Waals surface area contributed by atoms with Gasteiger partial charge in [0.1, 0.15) is 12.3 Å². The van der Waals surface area contributed by atoms with Crippen LogP contribution in [0.1, 0.15) is 89.2 Å². The van der Waals surface area contributed by atoms with E-state index in [9.17, 15) is 4.79 Å². The van der Waals surface area contributed by atoms with Gasteiger partial charge >= 0.3 is 5.97 Å². The fourth-order valence-electron chi connectivity index (χ4n) is 4.53. The number of nitrogens with zero attached hydrogens (tertiary/aromatic N) is 1. The smallest absolute Gasteiger partial charge is 0.361 e. The Balaban J connectivity index is 1.56. The Morgan fingerprint density at radius 1 is 0.806 bits per heavy atom. The summed E-state index contributed by atoms with van der Waals surface area (Å²) in [6, 6.07) is 18.7. The average Bonchev–Trinajstić information content (AvgIpc) is 2.84. The molecule has 0 spiro atoms. The molecule has 36 heavy (non-hydrogen) atoms. The van der Waals surface area contributed by atoms with Crippen molar-refractivity contribution in [1.82, 2.24) is 0 Å². The second kappa shape index (κ2) is 17.2. The van der Waals surface area contributed by atoms with Crippen molar-refractivity contribution in [1.29, 1.82) is 0 Å². The first-order valence-electron chi connectivity index (χ1n) is 14.1. The van der Waals surface area contributed by atoms with Crippen molar-refractivity contribution >= 4 is 5.97 Å². The normalized spacial score (nSPS) is 12.3. The Bertz CT molecular complexity index is 832. The lowest BCUT2D eigenvalue weighted by molar-refractivity contribution is -0.896. The van der Waals surface area contributed by atoms with Gasteiger partial charge in [-0.1, -0.05) is 101 Å². The quantitative estimate of drug-likeness (QED) is 0.113. The summed E-state index contributed by atoms with van der Waals surface area (Å²) in [5, 5.41) is 0. The third-order valence-corrected chi connectivity index (χ3v) is 6.63. The summed E-state index contributed by atoms with van der Waals surface area (Å²) in [5.74, 6) is 0.717. The number of ether oxygens (including phenoxy) is 2. The van der Waals surface area contributed by atoms with E-state index >= 15 is 0 Å². The van der Waals surface area contributed by atoms with Crippen molar-refractivity contribution in [2.24, 2.45) is 0 Å². The van der Waals surface area contributed by atoms with Crippen molar-refractivity contribution in [2.45, 2.75) is 97.1 Å². The summed E-state index contributed by atoms with van der Waals surface area (Å²) in [6.45, 7) is 5.82. The molecule has 1 atom stereocenters. The zero-order valence-corrected chi connectivity index (χ0v) is 23.3. The lowest BCUT2D eigenvalue weighted by Gasteiger charge is -2.28. The van der Waals surface area contributed by atoms with Gasteiger partial charge in [-0.2, -0.15) is 0 Å². The zero-order chi connectivity index (χ0) is 26.1. The predicted octanol–water partition coefficient (Wildman–Crippen LogP) is 7.74. The van der Waals surface area contributed by atoms with E-state index in [-0.39, 0.29) is 12.1 Å². The molecule has 0 saturated heterocycles. The van der Waals surface area contributed by atoms with Crippen molar-refractivity contribution in [3.8, 4) is 5.75 Å². The van der Waals surface area contributed by atoms with E-state index in [4.69, 9.17) is 9.47 Å². The highest BCUT2D eigenvalue weighted by atomic mass is 16.5. The number of carbonyl (C=O) groups is 1. The third-order valence-electron chi connectivity index (χ3n) is 6.63. The number of quaternary nitrogens is 1. The standard InChI is InChI=1S/C32H50NO3/c1-5-6-7-8-9-10-11-12-14-17-29-20-22-31(23-21-29)36-28(2)24-25-35-32(34)27-33(3,4)26-30-18-15-13-16-19-30/h13,15-16,18-23,28H,5-12,14,17,24-27H2,1-4H3/q+1. The number of benzene rings is 2. The van der Waals surface area contributed by atoms with E-state index in [1.54, 1.807) is 0 Å². The lowest BCUT2D eigenvalue weighted by atomic mass is 10.0. The highest BCUT2D eigenvalue weighted by molar-refractivity contribution is 5.70. The maximum absolute atomic E-state index is 12.3. The van der Waals surface area contributed by atoms with Crippen LogP contribution in [0.25, 0.3) is 0 Å². The number of unbranched alkanes of at least 4 members (excludes halogenated alkanes) is 8. The molecule has 2 aromatic rings. The summed E-state index contributed by atoms with van der Waals surface area (Å²) in [6.07, 6.45) is 14.1. The molecule has 4 heteroatoms. The van der Waals surface area contributed by atoms with Crippen molar-refractivity contribution in [3.63, 3.8) is 0 Å². The largest absolute Gasteiger partial charge is 0.491 e. The van der Waals surface area contributed by atoms with Gasteiger partial charge < -0.3 is 14.0 Å². The molecule has 0 aliphatic carbocycles. The van der Waals surface area contributed by atoms with Crippen molar-refractivity contribution in [2.75, 3.05) is 27.2 Å². The van der Waals surface area contributed by atoms with Crippen LogP contribution in [0.15, 0.2) is 54.6 Å². The maximum Gasteiger partial charge on any atom is 0.361 e. The molecule has 0 aliphatic heterocycles. The van der Waals surface area contributed by atoms with Gasteiger partial charge in [0, 0.05) is 12.0 Å². The number of hydrogen-bond donors (Lipinski definition) is 0. The van der Waals surface area contributed by atoms with Gasteiger partial charge in [-0.15, -0.1) is 0 Å². The highest BCUT2D eigenvalue weighted by Crippen LogP contribution is 2.17. The van der Waals surface area contributed by atoms with Crippen molar-refractivity contribution < 1.29 is 18.8 Å². The molecular formula is C32H50NO3+. The highest BCUT2D eigenvalue weighted by Gasteiger charge is 2.22. The second-order valence-corrected chi connectivity index (χ2v) is 10.9. The Kier molecular flexibility index (Phi) is 14.3. The summed E-state index contributed by atoms with van der Waals surface area (Å²) >= 11 is 0. The Labute approximate surface area is 220 Å². The minimum absolute atomic E-state index is 0.00667. The average molecular weight is 497 g/mol. The molecule has 0 radical (unpaired) electrons. The van der Waals surface area contributed by atoms with E-state index in [0.717, 1.165) is 18.7 Å². The third kappa shape index (κ3) is 13.7. The lowest BCUT2D eigenvalue weighted by Crippen LogP contribution is -2.43. The van der Waals surface area contributed by atoms with Gasteiger partial charge in [0.15, 0.2) is 6.54 Å². The van der Waals surface area contributed by atoms with Gasteiger partial charge in [-0.25, -0.2) is 4.79 Å². The van der Waals surface area contributed by atoms with Crippen LogP contribution in [-0.4, -0.2) is 43.8 Å². The van der Waals surface area contributed by atoms with Gasteiger partial charge in [-0.3, -0.25) is 0 Å². The van der Waals surface area contributed by atoms with Crippen LogP contribution in [0.2, 0.25) is 0 Å². The van der Waals surface area contributed by atoms with E-state index in [0.29, 0.717) is 24.1 Å². The van der Waals surface area contributed by atoms with Crippen LogP contribution in [0.5, 0.6) is 5.75 Å². The van der Waals surface area contributed by atoms with Gasteiger partial charge in [-0.05, 0) is 37.5 Å². The zero-order valence-electron chi connectivity index (χ0n) is 23.3. The first-order chi connectivity index (χ1) is 17.4. The van der Waals surface area contributed by atoms with Gasteiger partial charge in [0.05, 0.1) is 26.8 Å². The number of carbonyl (C=O) groups excluding carboxylic acids is 1. The number of aryl methyl sites for hydroxylation is 1. The molecule has 1 unspecified atom stereocenters. The summed E-state index contributed by atoms with van der Waals surface area (Å²) in [4.78, 5) is 12.3. The molecule has 0 aromatic heterocycles. The van der Waals surface area contributed by atoms with E-state index in [2.05, 4.69) is 57.4 Å². The van der Waals surface area contributed by atoms with Gasteiger partial charge in [0.25, 0.3) is 0 Å². The van der Waals surface area contributed by atoms with Gasteiger partial charge in [0.2, 0.25) is 0 Å². The van der Waals surface area contributed by atoms with Crippen molar-refractivity contribution in [3.05, 3.63) is 65.7 Å². The molecule has 200 valence electrons. The molecule has 0 aliphatic rings. The van der Waals surface area contributed by atoms with Crippen LogP contribution in [0.4, 0.5) is 0 Å². The molecule has 0 N–H and O–H groups in total. The molecule has 2 aromatic carbocycles. The predicted molar refractivity (Wildman–Crippen MR) is 150 cm³/mol. The Morgan fingerprint density at radius 3 is 2.06 bits per heavy atom. The van der Waals surface area contributed by atoms with Crippen LogP contribution in [0.3, 0.4) is 0 Å². The second-order valence-electron chi connectivity index (χ2n) is 10.9. The van der Waals surface area contributed by atoms with Crippen LogP contribution >= 0.6 is 0 Å². The number of hydrogen-bond acceptors (Lipinski definition) is 3. The molecular weight excluding hydrogens is 446 g/mol. The summed E-state index contributed by atoms with van der Waals surface area (Å²) in [5.41, 5.74) is 2.60. The fourth-order valence-corrected chi connectivity index (χ4v) is 4.53. The first-order valence-corrected chi connectivity index (χ1v) is 14.1. The molecule has 0 fully saturated rings. The SMILES string of the molecule is CCCCCCCCCCCc1ccc(OC(C)CCOC(=O)C[N+](C)(C)Cc2ccccc2)cc1. The summed E-state index contributed by atoms with van der Waals surface area (Å²) < 4.78 is 12.1. The Morgan fingerprint density at radius 2 is 1.42 bits per heavy atom. The molecule has 4 nitrogen and oxygen atoms in total. The number of rotatable bonds is 19. The molecule has 2 rings (SSSR count). The monoisotopic (exact) mass is 496 g/mol. The molecule has 0 bridgehead atoms. The minimum Gasteiger partial charge on any atom is -0.491 e. The van der Waals surface area contributed by atoms with E-state index in [1.165, 1.54) is 68.9 Å². The minimum atomic E-state index is -0.163.